The first-order valence-electron chi connectivity index (χ1n) is 7.30. The molecule has 0 spiro atoms. The molecule has 0 aliphatic rings. The van der Waals surface area contributed by atoms with Crippen LogP contribution in [0.5, 0.6) is 0 Å². The Labute approximate surface area is 125 Å². The van der Waals surface area contributed by atoms with E-state index in [1.807, 2.05) is 12.3 Å². The van der Waals surface area contributed by atoms with Crippen LogP contribution in [0.25, 0.3) is 0 Å². The van der Waals surface area contributed by atoms with E-state index in [4.69, 9.17) is 4.98 Å². The molecule has 3 heteroatoms. The molecule has 0 bridgehead atoms. The van der Waals surface area contributed by atoms with E-state index in [0.29, 0.717) is 5.16 Å². The topological polar surface area (TPSA) is 12.9 Å². The summed E-state index contributed by atoms with van der Waals surface area (Å²) in [6.45, 7) is 12.4. The second kappa shape index (κ2) is 5.66. The SMILES string of the molecule is C[Si](C)(C)C(c1ccccc1)[Si](C)(C)c1ccccn1. The zero-order valence-electron chi connectivity index (χ0n) is 13.2. The summed E-state index contributed by atoms with van der Waals surface area (Å²) in [5.41, 5.74) is 1.51. The lowest BCUT2D eigenvalue weighted by molar-refractivity contribution is 1.17. The fraction of sp³-hybridized carbons (Fsp3) is 0.353. The molecular formula is C17H25NSi2. The van der Waals surface area contributed by atoms with Gasteiger partial charge in [0, 0.05) is 19.6 Å². The van der Waals surface area contributed by atoms with Gasteiger partial charge in [-0.1, -0.05) is 69.1 Å². The van der Waals surface area contributed by atoms with E-state index in [0.717, 1.165) is 0 Å². The van der Waals surface area contributed by atoms with Crippen LogP contribution in [0.15, 0.2) is 54.7 Å². The van der Waals surface area contributed by atoms with Crippen molar-refractivity contribution in [2.24, 2.45) is 0 Å². The molecule has 2 rings (SSSR count). The van der Waals surface area contributed by atoms with Crippen molar-refractivity contribution in [3.8, 4) is 0 Å². The second-order valence-corrected chi connectivity index (χ2v) is 17.6. The van der Waals surface area contributed by atoms with Crippen LogP contribution in [0.2, 0.25) is 32.7 Å². The molecule has 1 atom stereocenters. The highest BCUT2D eigenvalue weighted by Gasteiger charge is 2.43. The first-order valence-corrected chi connectivity index (χ1v) is 14.0. The van der Waals surface area contributed by atoms with Crippen LogP contribution in [-0.4, -0.2) is 21.1 Å². The van der Waals surface area contributed by atoms with Crippen molar-refractivity contribution in [1.82, 2.24) is 4.98 Å². The van der Waals surface area contributed by atoms with Gasteiger partial charge in [0.15, 0.2) is 0 Å². The normalized spacial score (nSPS) is 14.1. The number of nitrogens with zero attached hydrogens (tertiary/aromatic N) is 1. The van der Waals surface area contributed by atoms with Gasteiger partial charge in [-0.05, 0) is 22.9 Å². The molecule has 1 aromatic carbocycles. The van der Waals surface area contributed by atoms with Gasteiger partial charge in [-0.3, -0.25) is 4.98 Å². The van der Waals surface area contributed by atoms with Crippen LogP contribution in [-0.2, 0) is 0 Å². The summed E-state index contributed by atoms with van der Waals surface area (Å²) in [4.78, 5) is 4.69. The molecule has 20 heavy (non-hydrogen) atoms. The van der Waals surface area contributed by atoms with Gasteiger partial charge in [-0.25, -0.2) is 0 Å². The Morgan fingerprint density at radius 2 is 1.40 bits per heavy atom. The standard InChI is InChI=1S/C17H25NSi2/c1-19(2,3)17(15-11-7-6-8-12-15)20(4,5)16-13-9-10-14-18-16/h6-14,17H,1-5H3. The predicted octanol–water partition coefficient (Wildman–Crippen LogP) is 4.20. The Morgan fingerprint density at radius 1 is 0.800 bits per heavy atom. The number of hydrogen-bond donors (Lipinski definition) is 0. The third-order valence-electron chi connectivity index (χ3n) is 4.05. The Bertz CT molecular complexity index is 544. The summed E-state index contributed by atoms with van der Waals surface area (Å²) in [7, 11) is -2.96. The van der Waals surface area contributed by atoms with Crippen LogP contribution >= 0.6 is 0 Å². The molecule has 0 saturated heterocycles. The number of pyridine rings is 1. The molecule has 0 amide bonds. The molecule has 0 aliphatic heterocycles. The summed E-state index contributed by atoms with van der Waals surface area (Å²) in [5, 5.41) is 2.02. The zero-order valence-corrected chi connectivity index (χ0v) is 15.2. The largest absolute Gasteiger partial charge is 0.266 e. The van der Waals surface area contributed by atoms with Crippen molar-refractivity contribution in [2.45, 2.75) is 37.9 Å². The van der Waals surface area contributed by atoms with Gasteiger partial charge in [-0.15, -0.1) is 0 Å². The van der Waals surface area contributed by atoms with Crippen LogP contribution in [0, 0.1) is 0 Å². The lowest BCUT2D eigenvalue weighted by Crippen LogP contribution is -2.57. The molecular weight excluding hydrogens is 274 g/mol. The van der Waals surface area contributed by atoms with Crippen LogP contribution < -0.4 is 5.32 Å². The highest BCUT2D eigenvalue weighted by molar-refractivity contribution is 7.02. The molecule has 1 unspecified atom stereocenters. The van der Waals surface area contributed by atoms with Crippen molar-refractivity contribution < 1.29 is 0 Å². The minimum Gasteiger partial charge on any atom is -0.266 e. The summed E-state index contributed by atoms with van der Waals surface area (Å²) in [6, 6.07) is 17.4. The molecule has 0 radical (unpaired) electrons. The van der Waals surface area contributed by atoms with Gasteiger partial charge >= 0.3 is 0 Å². The van der Waals surface area contributed by atoms with Crippen molar-refractivity contribution in [3.63, 3.8) is 0 Å². The number of aromatic nitrogens is 1. The third-order valence-corrected chi connectivity index (χ3v) is 14.3. The molecule has 106 valence electrons. The van der Waals surface area contributed by atoms with Crippen molar-refractivity contribution >= 4 is 21.5 Å². The Morgan fingerprint density at radius 3 is 1.90 bits per heavy atom. The second-order valence-electron chi connectivity index (χ2n) is 7.15. The van der Waals surface area contributed by atoms with E-state index in [9.17, 15) is 0 Å². The lowest BCUT2D eigenvalue weighted by atomic mass is 10.2. The van der Waals surface area contributed by atoms with E-state index >= 15 is 0 Å². The summed E-state index contributed by atoms with van der Waals surface area (Å²) in [5.74, 6) is 0. The van der Waals surface area contributed by atoms with Gasteiger partial charge in [0.05, 0.1) is 0 Å². The van der Waals surface area contributed by atoms with Crippen LogP contribution in [0.4, 0.5) is 0 Å². The quantitative estimate of drug-likeness (QED) is 0.771. The van der Waals surface area contributed by atoms with E-state index in [2.05, 4.69) is 75.2 Å². The summed E-state index contributed by atoms with van der Waals surface area (Å²) < 4.78 is 0. The number of hydrogen-bond acceptors (Lipinski definition) is 1. The van der Waals surface area contributed by atoms with E-state index in [-0.39, 0.29) is 0 Å². The molecule has 1 heterocycles. The van der Waals surface area contributed by atoms with Gasteiger partial charge in [0.2, 0.25) is 0 Å². The Hall–Kier alpha value is -1.20. The van der Waals surface area contributed by atoms with Crippen molar-refractivity contribution in [2.75, 3.05) is 0 Å². The van der Waals surface area contributed by atoms with Crippen LogP contribution in [0.1, 0.15) is 10.7 Å². The highest BCUT2D eigenvalue weighted by Crippen LogP contribution is 2.35. The Kier molecular flexibility index (Phi) is 4.30. The van der Waals surface area contributed by atoms with Crippen molar-refractivity contribution in [3.05, 3.63) is 60.3 Å². The molecule has 0 saturated carbocycles. The third kappa shape index (κ3) is 3.10. The molecule has 0 fully saturated rings. The zero-order chi connectivity index (χ0) is 14.8. The average molecular weight is 300 g/mol. The van der Waals surface area contributed by atoms with E-state index in [1.54, 1.807) is 0 Å². The summed E-state index contributed by atoms with van der Waals surface area (Å²) in [6.07, 6.45) is 1.94. The molecule has 0 N–H and O–H groups in total. The fourth-order valence-corrected chi connectivity index (χ4v) is 16.1. The molecule has 1 aromatic heterocycles. The molecule has 0 aliphatic carbocycles. The predicted molar refractivity (Wildman–Crippen MR) is 93.9 cm³/mol. The van der Waals surface area contributed by atoms with E-state index < -0.39 is 16.1 Å². The van der Waals surface area contributed by atoms with Crippen LogP contribution in [0.3, 0.4) is 0 Å². The maximum atomic E-state index is 4.69. The first-order chi connectivity index (χ1) is 9.33. The van der Waals surface area contributed by atoms with Gasteiger partial charge < -0.3 is 0 Å². The number of rotatable bonds is 4. The summed E-state index contributed by atoms with van der Waals surface area (Å²) >= 11 is 0. The molecule has 1 nitrogen and oxygen atoms in total. The Balaban J connectivity index is 2.53. The first kappa shape index (κ1) is 15.2. The average Bonchev–Trinajstić information content (AvgIpc) is 2.39. The number of benzene rings is 1. The lowest BCUT2D eigenvalue weighted by Gasteiger charge is -2.40. The maximum absolute atomic E-state index is 4.69. The smallest absolute Gasteiger partial charge is 0.109 e. The monoisotopic (exact) mass is 299 g/mol. The van der Waals surface area contributed by atoms with Gasteiger partial charge in [-0.2, -0.15) is 0 Å². The molecule has 2 aromatic rings. The minimum absolute atomic E-state index is 0.686. The van der Waals surface area contributed by atoms with Gasteiger partial charge in [0.1, 0.15) is 8.07 Å². The minimum atomic E-state index is -1.63. The maximum Gasteiger partial charge on any atom is 0.109 e. The van der Waals surface area contributed by atoms with E-state index in [1.165, 1.54) is 10.9 Å². The van der Waals surface area contributed by atoms with Crippen molar-refractivity contribution in [1.29, 1.82) is 0 Å². The fourth-order valence-electron chi connectivity index (χ4n) is 3.54. The van der Waals surface area contributed by atoms with Gasteiger partial charge in [0.25, 0.3) is 0 Å². The highest BCUT2D eigenvalue weighted by atomic mass is 28.4.